The highest BCUT2D eigenvalue weighted by atomic mass is 19.1. The second-order valence-electron chi connectivity index (χ2n) is 7.41. The maximum absolute atomic E-state index is 14.4. The molecule has 0 heterocycles. The summed E-state index contributed by atoms with van der Waals surface area (Å²) in [5.74, 6) is 0.153. The Bertz CT molecular complexity index is 740. The molecule has 29 heavy (non-hydrogen) atoms. The highest BCUT2D eigenvalue weighted by Gasteiger charge is 2.09. The molecule has 0 N–H and O–H groups in total. The number of unbranched alkanes of at least 4 members (excludes halogenated alkanes) is 6. The van der Waals surface area contributed by atoms with Crippen molar-refractivity contribution in [2.45, 2.75) is 71.6 Å². The maximum Gasteiger partial charge on any atom is 0.513 e. The molecule has 0 bridgehead atoms. The molecule has 0 saturated carbocycles. The zero-order valence-corrected chi connectivity index (χ0v) is 17.7. The zero-order valence-electron chi connectivity index (χ0n) is 17.7. The molecule has 0 aliphatic heterocycles. The summed E-state index contributed by atoms with van der Waals surface area (Å²) in [6, 6.07) is 12.1. The number of benzene rings is 2. The van der Waals surface area contributed by atoms with Crippen molar-refractivity contribution >= 4 is 6.16 Å². The highest BCUT2D eigenvalue weighted by molar-refractivity contribution is 5.67. The maximum atomic E-state index is 14.4. The van der Waals surface area contributed by atoms with Gasteiger partial charge in [-0.3, -0.25) is 0 Å². The van der Waals surface area contributed by atoms with Crippen molar-refractivity contribution < 1.29 is 18.7 Å². The van der Waals surface area contributed by atoms with Crippen LogP contribution >= 0.6 is 0 Å². The lowest BCUT2D eigenvalue weighted by Gasteiger charge is -2.08. The van der Waals surface area contributed by atoms with Crippen molar-refractivity contribution in [1.82, 2.24) is 0 Å². The van der Waals surface area contributed by atoms with Gasteiger partial charge in [-0.05, 0) is 42.2 Å². The molecule has 0 unspecified atom stereocenters. The van der Waals surface area contributed by atoms with Crippen LogP contribution < -0.4 is 4.74 Å². The molecule has 0 atom stereocenters. The van der Waals surface area contributed by atoms with Gasteiger partial charge in [-0.1, -0.05) is 83.1 Å². The first-order chi connectivity index (χ1) is 14.1. The summed E-state index contributed by atoms with van der Waals surface area (Å²) in [6.07, 6.45) is 9.31. The fourth-order valence-corrected chi connectivity index (χ4v) is 3.28. The molecule has 158 valence electrons. The lowest BCUT2D eigenvalue weighted by Crippen LogP contribution is -2.11. The van der Waals surface area contributed by atoms with Gasteiger partial charge in [-0.25, -0.2) is 9.18 Å². The molecule has 4 heteroatoms. The Morgan fingerprint density at radius 3 is 2.21 bits per heavy atom. The van der Waals surface area contributed by atoms with Crippen molar-refractivity contribution in [1.29, 1.82) is 0 Å². The number of carbonyl (C=O) groups is 1. The first-order valence-corrected chi connectivity index (χ1v) is 10.9. The van der Waals surface area contributed by atoms with Gasteiger partial charge in [0.1, 0.15) is 11.6 Å². The van der Waals surface area contributed by atoms with Gasteiger partial charge in [-0.2, -0.15) is 0 Å². The molecule has 2 aromatic carbocycles. The van der Waals surface area contributed by atoms with Gasteiger partial charge in [0.15, 0.2) is 0 Å². The van der Waals surface area contributed by atoms with Crippen molar-refractivity contribution in [2.75, 3.05) is 6.61 Å². The minimum absolute atomic E-state index is 0.237. The van der Waals surface area contributed by atoms with Crippen molar-refractivity contribution in [2.24, 2.45) is 0 Å². The van der Waals surface area contributed by atoms with E-state index in [4.69, 9.17) is 9.47 Å². The van der Waals surface area contributed by atoms with E-state index in [2.05, 4.69) is 13.8 Å². The molecule has 0 radical (unpaired) electrons. The van der Waals surface area contributed by atoms with E-state index in [0.29, 0.717) is 17.9 Å². The summed E-state index contributed by atoms with van der Waals surface area (Å²) in [6.45, 7) is 4.65. The fraction of sp³-hybridized carbons (Fsp3) is 0.480. The van der Waals surface area contributed by atoms with Crippen LogP contribution in [0.2, 0.25) is 0 Å². The molecule has 3 nitrogen and oxygen atoms in total. The third-order valence-corrected chi connectivity index (χ3v) is 4.91. The van der Waals surface area contributed by atoms with E-state index in [9.17, 15) is 9.18 Å². The number of hydrogen-bond donors (Lipinski definition) is 0. The lowest BCUT2D eigenvalue weighted by molar-refractivity contribution is 0.0973. The zero-order chi connectivity index (χ0) is 20.9. The van der Waals surface area contributed by atoms with Gasteiger partial charge in [0.25, 0.3) is 0 Å². The number of aryl methyl sites for hydroxylation is 1. The van der Waals surface area contributed by atoms with Gasteiger partial charge < -0.3 is 9.47 Å². The first-order valence-electron chi connectivity index (χ1n) is 10.9. The quantitative estimate of drug-likeness (QED) is 0.208. The van der Waals surface area contributed by atoms with Crippen LogP contribution in [-0.4, -0.2) is 12.8 Å². The van der Waals surface area contributed by atoms with Crippen LogP contribution in [0.5, 0.6) is 5.75 Å². The SMILES string of the molecule is CCCCCCCCCOC(=O)Oc1ccc(-c2ccc(CCC)cc2F)cc1. The number of rotatable bonds is 12. The van der Waals surface area contributed by atoms with Gasteiger partial charge in [0, 0.05) is 5.56 Å². The summed E-state index contributed by atoms with van der Waals surface area (Å²) >= 11 is 0. The molecule has 0 fully saturated rings. The Balaban J connectivity index is 1.75. The molecule has 0 saturated heterocycles. The van der Waals surface area contributed by atoms with Gasteiger partial charge in [0.2, 0.25) is 0 Å². The van der Waals surface area contributed by atoms with E-state index in [1.165, 1.54) is 32.1 Å². The summed E-state index contributed by atoms with van der Waals surface area (Å²) in [7, 11) is 0. The summed E-state index contributed by atoms with van der Waals surface area (Å²) in [5, 5.41) is 0. The average molecular weight is 401 g/mol. The third kappa shape index (κ3) is 8.26. The largest absolute Gasteiger partial charge is 0.513 e. The second kappa shape index (κ2) is 13.0. The molecule has 0 aliphatic rings. The third-order valence-electron chi connectivity index (χ3n) is 4.91. The predicted molar refractivity (Wildman–Crippen MR) is 116 cm³/mol. The topological polar surface area (TPSA) is 35.5 Å². The van der Waals surface area contributed by atoms with Crippen LogP contribution in [-0.2, 0) is 11.2 Å². The van der Waals surface area contributed by atoms with Crippen LogP contribution in [0, 0.1) is 5.82 Å². The number of hydrogen-bond acceptors (Lipinski definition) is 3. The Morgan fingerprint density at radius 2 is 1.55 bits per heavy atom. The first kappa shape index (κ1) is 22.9. The molecule has 0 amide bonds. The van der Waals surface area contributed by atoms with E-state index in [1.807, 2.05) is 6.07 Å². The molecule has 0 spiro atoms. The lowest BCUT2D eigenvalue weighted by atomic mass is 10.0. The standard InChI is InChI=1S/C25H33FO3/c1-3-5-6-7-8-9-10-18-28-25(27)29-22-15-13-21(14-16-22)23-17-12-20(11-4-2)19-24(23)26/h12-17,19H,3-11,18H2,1-2H3. The van der Waals surface area contributed by atoms with E-state index in [0.717, 1.165) is 36.8 Å². The normalized spacial score (nSPS) is 10.7. The molecule has 2 rings (SSSR count). The minimum atomic E-state index is -0.696. The Kier molecular flexibility index (Phi) is 10.3. The Morgan fingerprint density at radius 1 is 0.862 bits per heavy atom. The summed E-state index contributed by atoms with van der Waals surface area (Å²) in [4.78, 5) is 11.8. The predicted octanol–water partition coefficient (Wildman–Crippen LogP) is 7.71. The average Bonchev–Trinajstić information content (AvgIpc) is 2.71. The Labute approximate surface area is 174 Å². The fourth-order valence-electron chi connectivity index (χ4n) is 3.28. The second-order valence-corrected chi connectivity index (χ2v) is 7.41. The number of ether oxygens (including phenoxy) is 2. The van der Waals surface area contributed by atoms with Crippen LogP contribution in [0.1, 0.15) is 70.8 Å². The van der Waals surface area contributed by atoms with Crippen molar-refractivity contribution in [3.8, 4) is 16.9 Å². The van der Waals surface area contributed by atoms with Gasteiger partial charge in [-0.15, -0.1) is 0 Å². The molecule has 2 aromatic rings. The van der Waals surface area contributed by atoms with Crippen LogP contribution in [0.3, 0.4) is 0 Å². The van der Waals surface area contributed by atoms with E-state index < -0.39 is 6.16 Å². The molecule has 0 aromatic heterocycles. The number of carbonyl (C=O) groups excluding carboxylic acids is 1. The molecular weight excluding hydrogens is 367 g/mol. The van der Waals surface area contributed by atoms with Crippen molar-refractivity contribution in [3.05, 3.63) is 53.8 Å². The number of halogens is 1. The van der Waals surface area contributed by atoms with E-state index >= 15 is 0 Å². The van der Waals surface area contributed by atoms with Crippen LogP contribution in [0.25, 0.3) is 11.1 Å². The van der Waals surface area contributed by atoms with E-state index in [-0.39, 0.29) is 5.82 Å². The van der Waals surface area contributed by atoms with E-state index in [1.54, 1.807) is 36.4 Å². The molecular formula is C25H33FO3. The van der Waals surface area contributed by atoms with Crippen LogP contribution in [0.15, 0.2) is 42.5 Å². The smallest absolute Gasteiger partial charge is 0.434 e. The van der Waals surface area contributed by atoms with Gasteiger partial charge >= 0.3 is 6.16 Å². The van der Waals surface area contributed by atoms with Crippen LogP contribution in [0.4, 0.5) is 9.18 Å². The van der Waals surface area contributed by atoms with Crippen molar-refractivity contribution in [3.63, 3.8) is 0 Å². The van der Waals surface area contributed by atoms with Gasteiger partial charge in [0.05, 0.1) is 6.61 Å². The minimum Gasteiger partial charge on any atom is -0.434 e. The summed E-state index contributed by atoms with van der Waals surface area (Å²) in [5.41, 5.74) is 2.28. The summed E-state index contributed by atoms with van der Waals surface area (Å²) < 4.78 is 24.7. The monoisotopic (exact) mass is 400 g/mol. The molecule has 0 aliphatic carbocycles. The Hall–Kier alpha value is -2.36. The highest BCUT2D eigenvalue weighted by Crippen LogP contribution is 2.26.